The van der Waals surface area contributed by atoms with Gasteiger partial charge in [-0.3, -0.25) is 9.59 Å². The van der Waals surface area contributed by atoms with Gasteiger partial charge in [-0.05, 0) is 78.6 Å². The lowest BCUT2D eigenvalue weighted by molar-refractivity contribution is -0.135. The molecule has 176 valence electrons. The van der Waals surface area contributed by atoms with Gasteiger partial charge in [-0.15, -0.1) is 11.3 Å². The molecule has 0 saturated heterocycles. The molecule has 1 fully saturated rings. The summed E-state index contributed by atoms with van der Waals surface area (Å²) in [4.78, 5) is 31.6. The number of hydrogen-bond acceptors (Lipinski definition) is 4. The summed E-state index contributed by atoms with van der Waals surface area (Å²) in [5, 5.41) is 2.04. The molecule has 5 nitrogen and oxygen atoms in total. The number of rotatable bonds is 8. The number of carbonyl (C=O) groups excluding carboxylic acids is 2. The lowest BCUT2D eigenvalue weighted by Crippen LogP contribution is -2.48. The van der Waals surface area contributed by atoms with Crippen molar-refractivity contribution in [1.29, 1.82) is 0 Å². The Bertz CT molecular complexity index is 1140. The Morgan fingerprint density at radius 1 is 1.06 bits per heavy atom. The zero-order chi connectivity index (χ0) is 23.5. The van der Waals surface area contributed by atoms with E-state index in [1.54, 1.807) is 40.5 Å². The van der Waals surface area contributed by atoms with Crippen LogP contribution < -0.4 is 4.74 Å². The molecule has 2 heterocycles. The lowest BCUT2D eigenvalue weighted by atomic mass is 10.0. The summed E-state index contributed by atoms with van der Waals surface area (Å²) < 4.78 is 19.2. The Hall–Kier alpha value is -3.19. The number of thiophene rings is 1. The predicted octanol–water partition coefficient (Wildman–Crippen LogP) is 4.94. The van der Waals surface area contributed by atoms with E-state index in [0.29, 0.717) is 30.3 Å². The van der Waals surface area contributed by atoms with Crippen LogP contribution in [0.3, 0.4) is 0 Å². The molecule has 2 aromatic carbocycles. The number of halogens is 1. The van der Waals surface area contributed by atoms with E-state index in [1.807, 2.05) is 28.5 Å². The van der Waals surface area contributed by atoms with Crippen molar-refractivity contribution in [3.63, 3.8) is 0 Å². The van der Waals surface area contributed by atoms with Crippen LogP contribution in [0.25, 0.3) is 0 Å². The molecule has 0 N–H and O–H groups in total. The van der Waals surface area contributed by atoms with Crippen molar-refractivity contribution >= 4 is 23.2 Å². The summed E-state index contributed by atoms with van der Waals surface area (Å²) in [6, 6.07) is 16.9. The van der Waals surface area contributed by atoms with Crippen molar-refractivity contribution in [2.45, 2.75) is 25.3 Å². The third kappa shape index (κ3) is 5.14. The molecule has 1 aromatic heterocycles. The van der Waals surface area contributed by atoms with Crippen LogP contribution in [0.5, 0.6) is 5.75 Å². The Labute approximate surface area is 202 Å². The van der Waals surface area contributed by atoms with Gasteiger partial charge in [-0.1, -0.05) is 18.2 Å². The van der Waals surface area contributed by atoms with Crippen molar-refractivity contribution in [2.75, 3.05) is 26.2 Å². The van der Waals surface area contributed by atoms with Gasteiger partial charge in [0.15, 0.2) is 0 Å². The summed E-state index contributed by atoms with van der Waals surface area (Å²) in [5.41, 5.74) is 1.70. The number of nitrogens with zero attached hydrogens (tertiary/aromatic N) is 2. The third-order valence-corrected chi connectivity index (χ3v) is 7.44. The van der Waals surface area contributed by atoms with E-state index >= 15 is 0 Å². The van der Waals surface area contributed by atoms with Crippen LogP contribution >= 0.6 is 11.3 Å². The number of amides is 2. The Kier molecular flexibility index (Phi) is 6.63. The van der Waals surface area contributed by atoms with Crippen LogP contribution in [0, 0.1) is 11.7 Å². The molecule has 2 amide bonds. The molecule has 1 atom stereocenters. The molecule has 1 saturated carbocycles. The van der Waals surface area contributed by atoms with Crippen molar-refractivity contribution in [3.8, 4) is 5.75 Å². The maximum Gasteiger partial charge on any atom is 0.254 e. The third-order valence-electron chi connectivity index (χ3n) is 6.45. The molecule has 0 spiro atoms. The van der Waals surface area contributed by atoms with Crippen LogP contribution in [0.4, 0.5) is 4.39 Å². The minimum atomic E-state index is -0.319. The standard InChI is InChI=1S/C27H27FN2O3S/c28-21-8-10-22(11-9-21)33-18-24-23-13-15-34-25(23)12-14-30(24)26(31)17-29(16-19-6-7-19)27(32)20-4-2-1-3-5-20/h1-5,8-11,13,15,19,24H,6-7,12,14,16-18H2. The van der Waals surface area contributed by atoms with Crippen molar-refractivity contribution in [1.82, 2.24) is 9.80 Å². The second kappa shape index (κ2) is 9.97. The van der Waals surface area contributed by atoms with E-state index in [4.69, 9.17) is 4.74 Å². The number of hydrogen-bond donors (Lipinski definition) is 0. The van der Waals surface area contributed by atoms with Gasteiger partial charge in [0.2, 0.25) is 5.91 Å². The molecule has 1 unspecified atom stereocenters. The topological polar surface area (TPSA) is 49.9 Å². The zero-order valence-corrected chi connectivity index (χ0v) is 19.7. The van der Waals surface area contributed by atoms with Gasteiger partial charge in [0.25, 0.3) is 5.91 Å². The van der Waals surface area contributed by atoms with E-state index in [-0.39, 0.29) is 36.8 Å². The number of ether oxygens (including phenoxy) is 1. The Morgan fingerprint density at radius 3 is 2.56 bits per heavy atom. The fraction of sp³-hybridized carbons (Fsp3) is 0.333. The summed E-state index contributed by atoms with van der Waals surface area (Å²) in [6.07, 6.45) is 2.99. The van der Waals surface area contributed by atoms with Gasteiger partial charge in [-0.2, -0.15) is 0 Å². The highest BCUT2D eigenvalue weighted by Crippen LogP contribution is 2.35. The summed E-state index contributed by atoms with van der Waals surface area (Å²) in [7, 11) is 0. The Balaban J connectivity index is 1.33. The molecule has 3 aromatic rings. The van der Waals surface area contributed by atoms with Gasteiger partial charge in [0.05, 0.1) is 6.04 Å². The van der Waals surface area contributed by atoms with Gasteiger partial charge < -0.3 is 14.5 Å². The van der Waals surface area contributed by atoms with Crippen molar-refractivity contribution in [2.24, 2.45) is 5.92 Å². The summed E-state index contributed by atoms with van der Waals surface area (Å²) in [5.74, 6) is 0.539. The second-order valence-electron chi connectivity index (χ2n) is 8.91. The lowest BCUT2D eigenvalue weighted by Gasteiger charge is -2.37. The normalized spacial score (nSPS) is 17.2. The molecular formula is C27H27FN2O3S. The zero-order valence-electron chi connectivity index (χ0n) is 18.9. The highest BCUT2D eigenvalue weighted by Gasteiger charge is 2.35. The first kappa shape index (κ1) is 22.6. The fourth-order valence-electron chi connectivity index (χ4n) is 4.43. The van der Waals surface area contributed by atoms with E-state index in [2.05, 4.69) is 6.07 Å². The molecular weight excluding hydrogens is 451 g/mol. The second-order valence-corrected chi connectivity index (χ2v) is 9.91. The molecule has 34 heavy (non-hydrogen) atoms. The van der Waals surface area contributed by atoms with E-state index in [9.17, 15) is 14.0 Å². The minimum absolute atomic E-state index is 0.0523. The molecule has 5 rings (SSSR count). The average Bonchev–Trinajstić information content (AvgIpc) is 3.55. The van der Waals surface area contributed by atoms with Crippen molar-refractivity contribution < 1.29 is 18.7 Å². The summed E-state index contributed by atoms with van der Waals surface area (Å²) in [6.45, 7) is 1.52. The smallest absolute Gasteiger partial charge is 0.254 e. The average molecular weight is 479 g/mol. The molecule has 7 heteroatoms. The molecule has 0 bridgehead atoms. The number of benzene rings is 2. The molecule has 2 aliphatic rings. The largest absolute Gasteiger partial charge is 0.491 e. The number of carbonyl (C=O) groups is 2. The van der Waals surface area contributed by atoms with Crippen LogP contribution in [0.1, 0.15) is 39.7 Å². The summed E-state index contributed by atoms with van der Waals surface area (Å²) >= 11 is 1.69. The minimum Gasteiger partial charge on any atom is -0.491 e. The van der Waals surface area contributed by atoms with Crippen LogP contribution in [0.2, 0.25) is 0 Å². The van der Waals surface area contributed by atoms with Gasteiger partial charge in [-0.25, -0.2) is 4.39 Å². The first-order valence-corrected chi connectivity index (χ1v) is 12.5. The SMILES string of the molecule is O=C(c1ccccc1)N(CC(=O)N1CCc2sccc2C1COc1ccc(F)cc1)CC1CC1. The van der Waals surface area contributed by atoms with Gasteiger partial charge >= 0.3 is 0 Å². The quantitative estimate of drug-likeness (QED) is 0.461. The van der Waals surface area contributed by atoms with Crippen LogP contribution in [0.15, 0.2) is 66.0 Å². The first-order chi connectivity index (χ1) is 16.6. The maximum atomic E-state index is 13.6. The Morgan fingerprint density at radius 2 is 1.82 bits per heavy atom. The van der Waals surface area contributed by atoms with Gasteiger partial charge in [0, 0.05) is 23.5 Å². The van der Waals surface area contributed by atoms with Crippen LogP contribution in [-0.4, -0.2) is 47.9 Å². The highest BCUT2D eigenvalue weighted by atomic mass is 32.1. The molecule has 0 radical (unpaired) electrons. The van der Waals surface area contributed by atoms with E-state index < -0.39 is 0 Å². The highest BCUT2D eigenvalue weighted by molar-refractivity contribution is 7.10. The first-order valence-electron chi connectivity index (χ1n) is 11.7. The maximum absolute atomic E-state index is 13.6. The fourth-order valence-corrected chi connectivity index (χ4v) is 5.36. The van der Waals surface area contributed by atoms with Crippen molar-refractivity contribution in [3.05, 3.63) is 87.9 Å². The van der Waals surface area contributed by atoms with E-state index in [1.165, 1.54) is 17.0 Å². The molecule has 1 aliphatic heterocycles. The van der Waals surface area contributed by atoms with Gasteiger partial charge in [0.1, 0.15) is 24.7 Å². The van der Waals surface area contributed by atoms with Crippen LogP contribution in [-0.2, 0) is 11.2 Å². The van der Waals surface area contributed by atoms with E-state index in [0.717, 1.165) is 24.8 Å². The monoisotopic (exact) mass is 478 g/mol. The number of fused-ring (bicyclic) bond motifs is 1. The molecule has 1 aliphatic carbocycles. The predicted molar refractivity (Wildman–Crippen MR) is 129 cm³/mol.